The van der Waals surface area contributed by atoms with Gasteiger partial charge < -0.3 is 0 Å². The molecule has 0 saturated carbocycles. The standard InChI is InChI=1S/C8H11NO3S/c1-5(10)9-4-7(3-8(9)12)13-6(2)11/h7H,3-4H2,1-2H3. The second-order valence-corrected chi connectivity index (χ2v) is 4.44. The van der Waals surface area contributed by atoms with Gasteiger partial charge in [-0.3, -0.25) is 19.3 Å². The molecule has 1 heterocycles. The van der Waals surface area contributed by atoms with Gasteiger partial charge in [0, 0.05) is 32.1 Å². The smallest absolute Gasteiger partial charge is 0.230 e. The lowest BCUT2D eigenvalue weighted by Gasteiger charge is -2.10. The Bertz CT molecular complexity index is 264. The molecular weight excluding hydrogens is 190 g/mol. The van der Waals surface area contributed by atoms with Crippen LogP contribution in [0.3, 0.4) is 0 Å². The van der Waals surface area contributed by atoms with E-state index in [0.29, 0.717) is 13.0 Å². The molecule has 0 radical (unpaired) electrons. The average Bonchev–Trinajstić information content (AvgIpc) is 2.29. The molecule has 1 aliphatic heterocycles. The molecule has 5 heteroatoms. The normalized spacial score (nSPS) is 22.2. The van der Waals surface area contributed by atoms with E-state index in [2.05, 4.69) is 0 Å². The molecule has 1 unspecified atom stereocenters. The lowest BCUT2D eigenvalue weighted by Crippen LogP contribution is -2.30. The molecule has 0 aromatic rings. The van der Waals surface area contributed by atoms with Crippen LogP contribution >= 0.6 is 11.8 Å². The van der Waals surface area contributed by atoms with Crippen molar-refractivity contribution in [3.63, 3.8) is 0 Å². The molecule has 1 atom stereocenters. The van der Waals surface area contributed by atoms with E-state index in [0.717, 1.165) is 11.8 Å². The second kappa shape index (κ2) is 3.91. The molecule has 2 amide bonds. The van der Waals surface area contributed by atoms with E-state index in [1.807, 2.05) is 0 Å². The molecule has 0 bridgehead atoms. The van der Waals surface area contributed by atoms with Crippen LogP contribution in [0.4, 0.5) is 0 Å². The van der Waals surface area contributed by atoms with E-state index >= 15 is 0 Å². The third kappa shape index (κ3) is 2.55. The first-order valence-corrected chi connectivity index (χ1v) is 4.87. The minimum absolute atomic E-state index is 0.0109. The van der Waals surface area contributed by atoms with Crippen LogP contribution in [0.15, 0.2) is 0 Å². The van der Waals surface area contributed by atoms with E-state index in [9.17, 15) is 14.4 Å². The molecule has 1 aliphatic rings. The molecule has 0 aliphatic carbocycles. The summed E-state index contributed by atoms with van der Waals surface area (Å²) in [6, 6.07) is 0. The van der Waals surface area contributed by atoms with Crippen molar-refractivity contribution in [3.8, 4) is 0 Å². The SMILES string of the molecule is CC(=O)SC1CC(=O)N(C(C)=O)C1. The zero-order valence-electron chi connectivity index (χ0n) is 7.57. The van der Waals surface area contributed by atoms with Gasteiger partial charge in [0.2, 0.25) is 11.8 Å². The van der Waals surface area contributed by atoms with E-state index < -0.39 is 0 Å². The first-order valence-electron chi connectivity index (χ1n) is 3.99. The summed E-state index contributed by atoms with van der Waals surface area (Å²) in [5.74, 6) is -0.414. The Kier molecular flexibility index (Phi) is 3.08. The van der Waals surface area contributed by atoms with Crippen LogP contribution < -0.4 is 0 Å². The van der Waals surface area contributed by atoms with Crippen LogP contribution in [-0.2, 0) is 14.4 Å². The van der Waals surface area contributed by atoms with Crippen LogP contribution in [-0.4, -0.2) is 33.6 Å². The number of likely N-dealkylation sites (tertiary alicyclic amines) is 1. The Labute approximate surface area is 80.7 Å². The molecular formula is C8H11NO3S. The first kappa shape index (κ1) is 10.2. The minimum atomic E-state index is -0.239. The van der Waals surface area contributed by atoms with Gasteiger partial charge in [-0.2, -0.15) is 0 Å². The molecule has 4 nitrogen and oxygen atoms in total. The van der Waals surface area contributed by atoms with Gasteiger partial charge in [0.05, 0.1) is 0 Å². The fraction of sp³-hybridized carbons (Fsp3) is 0.625. The number of imide groups is 1. The van der Waals surface area contributed by atoms with E-state index in [4.69, 9.17) is 0 Å². The van der Waals surface area contributed by atoms with Gasteiger partial charge in [0.1, 0.15) is 0 Å². The molecule has 72 valence electrons. The van der Waals surface area contributed by atoms with Gasteiger partial charge in [-0.25, -0.2) is 0 Å². The molecule has 0 spiro atoms. The second-order valence-electron chi connectivity index (χ2n) is 2.96. The minimum Gasteiger partial charge on any atom is -0.288 e. The highest BCUT2D eigenvalue weighted by Crippen LogP contribution is 2.23. The Morgan fingerprint density at radius 1 is 1.46 bits per heavy atom. The van der Waals surface area contributed by atoms with Gasteiger partial charge in [-0.05, 0) is 0 Å². The van der Waals surface area contributed by atoms with Gasteiger partial charge in [0.25, 0.3) is 0 Å². The van der Waals surface area contributed by atoms with E-state index in [1.165, 1.54) is 18.7 Å². The van der Waals surface area contributed by atoms with Gasteiger partial charge in [-0.1, -0.05) is 11.8 Å². The summed E-state index contributed by atoms with van der Waals surface area (Å²) in [4.78, 5) is 34.0. The van der Waals surface area contributed by atoms with Crippen molar-refractivity contribution in [3.05, 3.63) is 0 Å². The number of carbonyl (C=O) groups excluding carboxylic acids is 3. The van der Waals surface area contributed by atoms with Gasteiger partial charge in [0.15, 0.2) is 5.12 Å². The summed E-state index contributed by atoms with van der Waals surface area (Å²) < 4.78 is 0. The van der Waals surface area contributed by atoms with Crippen molar-refractivity contribution in [1.29, 1.82) is 0 Å². The summed E-state index contributed by atoms with van der Waals surface area (Å²) in [7, 11) is 0. The number of rotatable bonds is 1. The molecule has 1 fully saturated rings. The number of nitrogens with zero attached hydrogens (tertiary/aromatic N) is 1. The van der Waals surface area contributed by atoms with Crippen molar-refractivity contribution >= 4 is 28.7 Å². The molecule has 0 N–H and O–H groups in total. The average molecular weight is 201 g/mol. The van der Waals surface area contributed by atoms with Crippen LogP contribution in [0, 0.1) is 0 Å². The lowest BCUT2D eigenvalue weighted by molar-refractivity contribution is -0.140. The fourth-order valence-electron chi connectivity index (χ4n) is 1.29. The Morgan fingerprint density at radius 3 is 2.46 bits per heavy atom. The highest BCUT2D eigenvalue weighted by Gasteiger charge is 2.32. The lowest BCUT2D eigenvalue weighted by atomic mass is 10.4. The quantitative estimate of drug-likeness (QED) is 0.616. The molecule has 1 saturated heterocycles. The van der Waals surface area contributed by atoms with E-state index in [1.54, 1.807) is 0 Å². The Morgan fingerprint density at radius 2 is 2.08 bits per heavy atom. The molecule has 13 heavy (non-hydrogen) atoms. The summed E-state index contributed by atoms with van der Waals surface area (Å²) in [5, 5.41) is -0.0582. The van der Waals surface area contributed by atoms with Gasteiger partial charge >= 0.3 is 0 Å². The van der Waals surface area contributed by atoms with Crippen molar-refractivity contribution < 1.29 is 14.4 Å². The Hall–Kier alpha value is -0.840. The number of carbonyl (C=O) groups is 3. The molecule has 0 aromatic heterocycles. The fourth-order valence-corrected chi connectivity index (χ4v) is 2.21. The predicted octanol–water partition coefficient (Wildman–Crippen LogP) is 0.413. The highest BCUT2D eigenvalue weighted by molar-refractivity contribution is 8.14. The van der Waals surface area contributed by atoms with Crippen LogP contribution in [0.25, 0.3) is 0 Å². The number of hydrogen-bond acceptors (Lipinski definition) is 4. The largest absolute Gasteiger partial charge is 0.288 e. The maximum atomic E-state index is 11.2. The zero-order chi connectivity index (χ0) is 10.0. The summed E-state index contributed by atoms with van der Waals surface area (Å²) in [5.41, 5.74) is 0. The molecule has 1 rings (SSSR count). The van der Waals surface area contributed by atoms with Gasteiger partial charge in [-0.15, -0.1) is 0 Å². The number of thioether (sulfide) groups is 1. The topological polar surface area (TPSA) is 54.5 Å². The monoisotopic (exact) mass is 201 g/mol. The van der Waals surface area contributed by atoms with Crippen molar-refractivity contribution in [2.45, 2.75) is 25.5 Å². The van der Waals surface area contributed by atoms with E-state index in [-0.39, 0.29) is 22.2 Å². The summed E-state index contributed by atoms with van der Waals surface area (Å²) in [6.07, 6.45) is 0.295. The van der Waals surface area contributed by atoms with Crippen molar-refractivity contribution in [2.24, 2.45) is 0 Å². The zero-order valence-corrected chi connectivity index (χ0v) is 8.39. The first-order chi connectivity index (χ1) is 6.00. The van der Waals surface area contributed by atoms with Crippen LogP contribution in [0.5, 0.6) is 0 Å². The summed E-state index contributed by atoms with van der Waals surface area (Å²) in [6.45, 7) is 3.20. The Balaban J connectivity index is 2.55. The van der Waals surface area contributed by atoms with Crippen LogP contribution in [0.2, 0.25) is 0 Å². The number of hydrogen-bond donors (Lipinski definition) is 0. The highest BCUT2D eigenvalue weighted by atomic mass is 32.2. The predicted molar refractivity (Wildman–Crippen MR) is 49.1 cm³/mol. The summed E-state index contributed by atoms with van der Waals surface area (Å²) >= 11 is 1.13. The maximum absolute atomic E-state index is 11.2. The maximum Gasteiger partial charge on any atom is 0.230 e. The third-order valence-electron chi connectivity index (χ3n) is 1.80. The number of amides is 2. The van der Waals surface area contributed by atoms with Crippen molar-refractivity contribution in [1.82, 2.24) is 4.90 Å². The molecule has 0 aromatic carbocycles. The third-order valence-corrected chi connectivity index (χ3v) is 2.78. The van der Waals surface area contributed by atoms with Crippen LogP contribution in [0.1, 0.15) is 20.3 Å². The van der Waals surface area contributed by atoms with Crippen molar-refractivity contribution in [2.75, 3.05) is 6.54 Å².